The second-order valence-electron chi connectivity index (χ2n) is 7.51. The zero-order valence-corrected chi connectivity index (χ0v) is 19.8. The molecule has 0 unspecified atom stereocenters. The second-order valence-corrected chi connectivity index (χ2v) is 9.31. The largest absolute Gasteiger partial charge is 0.493 e. The van der Waals surface area contributed by atoms with Crippen LogP contribution in [0.1, 0.15) is 18.1 Å². The van der Waals surface area contributed by atoms with Gasteiger partial charge >= 0.3 is 0 Å². The molecular formula is C26H26N2O5S. The lowest BCUT2D eigenvalue weighted by Crippen LogP contribution is -2.42. The van der Waals surface area contributed by atoms with Crippen LogP contribution in [0.2, 0.25) is 0 Å². The van der Waals surface area contributed by atoms with Crippen molar-refractivity contribution in [3.05, 3.63) is 94.9 Å². The van der Waals surface area contributed by atoms with Gasteiger partial charge in [0.05, 0.1) is 19.3 Å². The number of nitrogens with zero attached hydrogens (tertiary/aromatic N) is 1. The Morgan fingerprint density at radius 2 is 1.56 bits per heavy atom. The van der Waals surface area contributed by atoms with Crippen LogP contribution >= 0.6 is 0 Å². The molecule has 1 aliphatic heterocycles. The Hall–Kier alpha value is -3.78. The van der Waals surface area contributed by atoms with Crippen molar-refractivity contribution in [2.45, 2.75) is 6.92 Å². The summed E-state index contributed by atoms with van der Waals surface area (Å²) in [6.07, 6.45) is 0. The third-order valence-electron chi connectivity index (χ3n) is 5.49. The van der Waals surface area contributed by atoms with Crippen molar-refractivity contribution in [3.63, 3.8) is 0 Å². The number of nitrogens with one attached hydrogen (secondary N) is 1. The number of carbonyl (C=O) groups excluding carboxylic acids is 1. The summed E-state index contributed by atoms with van der Waals surface area (Å²) in [7, 11) is -2.54. The molecule has 1 amide bonds. The molecule has 176 valence electrons. The van der Waals surface area contributed by atoms with Gasteiger partial charge in [0.15, 0.2) is 16.4 Å². The SMILES string of the molecule is CCN1c2ccccc2C(c2ccccc2)=C(C(=O)NCCOc2ccccc2OC)S1(=O)=O. The molecule has 0 radical (unpaired) electrons. The summed E-state index contributed by atoms with van der Waals surface area (Å²) in [5.74, 6) is 0.447. The van der Waals surface area contributed by atoms with E-state index in [9.17, 15) is 13.2 Å². The fourth-order valence-electron chi connectivity index (χ4n) is 4.00. The highest BCUT2D eigenvalue weighted by atomic mass is 32.2. The van der Waals surface area contributed by atoms with Crippen molar-refractivity contribution in [2.24, 2.45) is 0 Å². The first-order chi connectivity index (χ1) is 16.5. The Morgan fingerprint density at radius 1 is 0.912 bits per heavy atom. The molecule has 1 N–H and O–H groups in total. The molecule has 0 fully saturated rings. The molecule has 0 saturated carbocycles. The van der Waals surface area contributed by atoms with Crippen molar-refractivity contribution in [2.75, 3.05) is 31.1 Å². The average Bonchev–Trinajstić information content (AvgIpc) is 2.86. The Balaban J connectivity index is 1.67. The standard InChI is InChI=1S/C26H26N2O5S/c1-3-28-21-14-8-7-13-20(21)24(19-11-5-4-6-12-19)25(34(28,30)31)26(29)27-17-18-33-23-16-10-9-15-22(23)32-2/h4-16H,3,17-18H2,1-2H3,(H,27,29). The van der Waals surface area contributed by atoms with Crippen LogP contribution in [0.3, 0.4) is 0 Å². The predicted molar refractivity (Wildman–Crippen MR) is 132 cm³/mol. The smallest absolute Gasteiger partial charge is 0.270 e. The lowest BCUT2D eigenvalue weighted by molar-refractivity contribution is -0.116. The number of sulfonamides is 1. The lowest BCUT2D eigenvalue weighted by atomic mass is 9.95. The number of rotatable bonds is 8. The first kappa shape index (κ1) is 23.4. The predicted octanol–water partition coefficient (Wildman–Crippen LogP) is 3.82. The molecule has 0 spiro atoms. The molecule has 34 heavy (non-hydrogen) atoms. The summed E-state index contributed by atoms with van der Waals surface area (Å²) >= 11 is 0. The van der Waals surface area contributed by atoms with E-state index in [-0.39, 0.29) is 24.6 Å². The molecule has 0 aliphatic carbocycles. The van der Waals surface area contributed by atoms with Gasteiger partial charge in [-0.2, -0.15) is 0 Å². The van der Waals surface area contributed by atoms with Crippen molar-refractivity contribution >= 4 is 27.2 Å². The molecule has 0 saturated heterocycles. The van der Waals surface area contributed by atoms with Crippen molar-refractivity contribution in [1.82, 2.24) is 5.32 Å². The van der Waals surface area contributed by atoms with Crippen LogP contribution < -0.4 is 19.1 Å². The lowest BCUT2D eigenvalue weighted by Gasteiger charge is -2.32. The minimum atomic E-state index is -4.08. The van der Waals surface area contributed by atoms with Gasteiger partial charge in [-0.05, 0) is 30.7 Å². The van der Waals surface area contributed by atoms with Crippen LogP contribution in [0.25, 0.3) is 5.57 Å². The number of carbonyl (C=O) groups is 1. The Morgan fingerprint density at radius 3 is 2.26 bits per heavy atom. The summed E-state index contributed by atoms with van der Waals surface area (Å²) in [5, 5.41) is 2.72. The number of hydrogen-bond donors (Lipinski definition) is 1. The van der Waals surface area contributed by atoms with Crippen LogP contribution in [0.5, 0.6) is 11.5 Å². The molecule has 7 nitrogen and oxygen atoms in total. The highest BCUT2D eigenvalue weighted by Gasteiger charge is 2.40. The molecule has 0 atom stereocenters. The highest BCUT2D eigenvalue weighted by Crippen LogP contribution is 2.42. The zero-order chi connectivity index (χ0) is 24.1. The molecule has 1 heterocycles. The van der Waals surface area contributed by atoms with Crippen molar-refractivity contribution in [1.29, 1.82) is 0 Å². The molecule has 3 aromatic rings. The Labute approximate surface area is 199 Å². The van der Waals surface area contributed by atoms with Crippen molar-refractivity contribution < 1.29 is 22.7 Å². The number of methoxy groups -OCH3 is 1. The van der Waals surface area contributed by atoms with E-state index in [1.807, 2.05) is 42.5 Å². The van der Waals surface area contributed by atoms with Gasteiger partial charge < -0.3 is 14.8 Å². The van der Waals surface area contributed by atoms with Crippen LogP contribution in [0.15, 0.2) is 83.8 Å². The molecule has 0 bridgehead atoms. The molecule has 4 rings (SSSR count). The Kier molecular flexibility index (Phi) is 6.88. The summed E-state index contributed by atoms with van der Waals surface area (Å²) < 4.78 is 39.5. The van der Waals surface area contributed by atoms with Crippen LogP contribution in [-0.4, -0.2) is 41.1 Å². The number of benzene rings is 3. The number of fused-ring (bicyclic) bond motifs is 1. The fourth-order valence-corrected chi connectivity index (χ4v) is 5.77. The van der Waals surface area contributed by atoms with E-state index in [4.69, 9.17) is 9.47 Å². The molecular weight excluding hydrogens is 452 g/mol. The first-order valence-corrected chi connectivity index (χ1v) is 12.4. The number of anilines is 1. The van der Waals surface area contributed by atoms with Gasteiger partial charge in [0, 0.05) is 17.7 Å². The number of hydrogen-bond acceptors (Lipinski definition) is 5. The minimum Gasteiger partial charge on any atom is -0.493 e. The van der Waals surface area contributed by atoms with Gasteiger partial charge in [-0.15, -0.1) is 0 Å². The van der Waals surface area contributed by atoms with E-state index < -0.39 is 15.9 Å². The van der Waals surface area contributed by atoms with Gasteiger partial charge in [-0.25, -0.2) is 8.42 Å². The first-order valence-electron chi connectivity index (χ1n) is 10.9. The summed E-state index contributed by atoms with van der Waals surface area (Å²) in [4.78, 5) is 13.1. The van der Waals surface area contributed by atoms with Crippen LogP contribution in [0, 0.1) is 0 Å². The summed E-state index contributed by atoms with van der Waals surface area (Å²) in [6.45, 7) is 2.22. The van der Waals surface area contributed by atoms with E-state index in [0.717, 1.165) is 0 Å². The van der Waals surface area contributed by atoms with E-state index >= 15 is 0 Å². The zero-order valence-electron chi connectivity index (χ0n) is 19.0. The number of ether oxygens (including phenoxy) is 2. The Bertz CT molecular complexity index is 1320. The summed E-state index contributed by atoms with van der Waals surface area (Å²) in [6, 6.07) is 23.5. The molecule has 0 aromatic heterocycles. The third kappa shape index (κ3) is 4.36. The topological polar surface area (TPSA) is 84.9 Å². The van der Waals surface area contributed by atoms with Gasteiger partial charge in [0.25, 0.3) is 15.9 Å². The highest BCUT2D eigenvalue weighted by molar-refractivity contribution is 7.97. The second kappa shape index (κ2) is 10.0. The minimum absolute atomic E-state index is 0.117. The van der Waals surface area contributed by atoms with Gasteiger partial charge in [0.1, 0.15) is 6.61 Å². The van der Waals surface area contributed by atoms with Gasteiger partial charge in [-0.1, -0.05) is 60.7 Å². The number of para-hydroxylation sites is 3. The molecule has 8 heteroatoms. The maximum atomic E-state index is 13.6. The quantitative estimate of drug-likeness (QED) is 0.498. The number of amides is 1. The van der Waals surface area contributed by atoms with Crippen molar-refractivity contribution in [3.8, 4) is 11.5 Å². The van der Waals surface area contributed by atoms with E-state index in [1.165, 1.54) is 4.31 Å². The summed E-state index contributed by atoms with van der Waals surface area (Å²) in [5.41, 5.74) is 2.30. The third-order valence-corrected chi connectivity index (χ3v) is 7.43. The maximum Gasteiger partial charge on any atom is 0.270 e. The average molecular weight is 479 g/mol. The fraction of sp³-hybridized carbons (Fsp3) is 0.192. The van der Waals surface area contributed by atoms with E-state index in [1.54, 1.807) is 50.4 Å². The van der Waals surface area contributed by atoms with Crippen LogP contribution in [-0.2, 0) is 14.8 Å². The van der Waals surface area contributed by atoms with E-state index in [0.29, 0.717) is 33.9 Å². The van der Waals surface area contributed by atoms with Gasteiger partial charge in [-0.3, -0.25) is 9.10 Å². The van der Waals surface area contributed by atoms with Crippen LogP contribution in [0.4, 0.5) is 5.69 Å². The monoisotopic (exact) mass is 478 g/mol. The normalized spacial score (nSPS) is 14.4. The molecule has 3 aromatic carbocycles. The van der Waals surface area contributed by atoms with Gasteiger partial charge in [0.2, 0.25) is 0 Å². The molecule has 1 aliphatic rings. The maximum absolute atomic E-state index is 13.6. The van der Waals surface area contributed by atoms with E-state index in [2.05, 4.69) is 5.32 Å².